The number of benzene rings is 2. The van der Waals surface area contributed by atoms with E-state index in [0.717, 1.165) is 43.2 Å². The Kier molecular flexibility index (Phi) is 5.51. The molecule has 3 aromatic rings. The molecule has 1 amide bonds. The van der Waals surface area contributed by atoms with E-state index < -0.39 is 0 Å². The molecule has 1 aliphatic rings. The number of carbonyl (C=O) groups is 1. The van der Waals surface area contributed by atoms with Crippen molar-refractivity contribution in [1.29, 1.82) is 0 Å². The lowest BCUT2D eigenvalue weighted by Gasteiger charge is -2.29. The van der Waals surface area contributed by atoms with Gasteiger partial charge >= 0.3 is 0 Å². The second-order valence-corrected chi connectivity index (χ2v) is 7.28. The van der Waals surface area contributed by atoms with Gasteiger partial charge in [-0.3, -0.25) is 4.79 Å². The van der Waals surface area contributed by atoms with Gasteiger partial charge < -0.3 is 14.5 Å². The van der Waals surface area contributed by atoms with Gasteiger partial charge in [-0.1, -0.05) is 30.3 Å². The number of amides is 1. The van der Waals surface area contributed by atoms with Crippen molar-refractivity contribution >= 4 is 28.6 Å². The molecule has 2 heterocycles. The molecule has 1 aliphatic heterocycles. The van der Waals surface area contributed by atoms with Crippen LogP contribution >= 0.6 is 11.3 Å². The SMILES string of the molecule is O=C(c1ccc(N2CCOCC2)cc1)N(Cc1ccccc1)c1ccsc1. The molecule has 0 unspecified atom stereocenters. The maximum atomic E-state index is 13.2. The van der Waals surface area contributed by atoms with Crippen LogP contribution in [0.3, 0.4) is 0 Å². The first-order valence-electron chi connectivity index (χ1n) is 9.12. The van der Waals surface area contributed by atoms with Crippen molar-refractivity contribution in [3.8, 4) is 0 Å². The van der Waals surface area contributed by atoms with Crippen molar-refractivity contribution in [2.24, 2.45) is 0 Å². The molecule has 27 heavy (non-hydrogen) atoms. The maximum absolute atomic E-state index is 13.2. The van der Waals surface area contributed by atoms with Gasteiger partial charge in [-0.15, -0.1) is 0 Å². The van der Waals surface area contributed by atoms with Gasteiger partial charge in [0.15, 0.2) is 0 Å². The van der Waals surface area contributed by atoms with Crippen LogP contribution < -0.4 is 9.80 Å². The maximum Gasteiger partial charge on any atom is 0.258 e. The van der Waals surface area contributed by atoms with Crippen molar-refractivity contribution in [2.75, 3.05) is 36.1 Å². The summed E-state index contributed by atoms with van der Waals surface area (Å²) in [7, 11) is 0. The minimum absolute atomic E-state index is 0.0192. The molecule has 0 saturated carbocycles. The third-order valence-corrected chi connectivity index (χ3v) is 5.41. The normalized spacial score (nSPS) is 14.1. The number of ether oxygens (including phenoxy) is 1. The Hall–Kier alpha value is -2.63. The highest BCUT2D eigenvalue weighted by atomic mass is 32.1. The highest BCUT2D eigenvalue weighted by molar-refractivity contribution is 7.08. The zero-order chi connectivity index (χ0) is 18.5. The molecule has 0 aliphatic carbocycles. The van der Waals surface area contributed by atoms with E-state index in [9.17, 15) is 4.79 Å². The van der Waals surface area contributed by atoms with Gasteiger partial charge in [-0.05, 0) is 41.3 Å². The Morgan fingerprint density at radius 2 is 1.74 bits per heavy atom. The van der Waals surface area contributed by atoms with Crippen LogP contribution in [0.4, 0.5) is 11.4 Å². The van der Waals surface area contributed by atoms with E-state index in [1.165, 1.54) is 0 Å². The average Bonchev–Trinajstić information content (AvgIpc) is 3.28. The second-order valence-electron chi connectivity index (χ2n) is 6.50. The van der Waals surface area contributed by atoms with Crippen molar-refractivity contribution in [2.45, 2.75) is 6.54 Å². The Morgan fingerprint density at radius 3 is 2.41 bits per heavy atom. The van der Waals surface area contributed by atoms with Gasteiger partial charge in [-0.25, -0.2) is 0 Å². The summed E-state index contributed by atoms with van der Waals surface area (Å²) in [6.45, 7) is 3.85. The minimum atomic E-state index is 0.0192. The Bertz CT molecular complexity index is 857. The summed E-state index contributed by atoms with van der Waals surface area (Å²) in [5.74, 6) is 0.0192. The highest BCUT2D eigenvalue weighted by Gasteiger charge is 2.19. The molecule has 138 valence electrons. The fourth-order valence-electron chi connectivity index (χ4n) is 3.25. The van der Waals surface area contributed by atoms with Gasteiger partial charge in [-0.2, -0.15) is 11.3 Å². The zero-order valence-electron chi connectivity index (χ0n) is 15.1. The topological polar surface area (TPSA) is 32.8 Å². The summed E-state index contributed by atoms with van der Waals surface area (Å²) in [6.07, 6.45) is 0. The van der Waals surface area contributed by atoms with E-state index in [4.69, 9.17) is 4.74 Å². The average molecular weight is 378 g/mol. The van der Waals surface area contributed by atoms with E-state index >= 15 is 0 Å². The molecular weight excluding hydrogens is 356 g/mol. The number of carbonyl (C=O) groups excluding carboxylic acids is 1. The fraction of sp³-hybridized carbons (Fsp3) is 0.227. The molecule has 1 fully saturated rings. The van der Waals surface area contributed by atoms with Crippen LogP contribution in [0, 0.1) is 0 Å². The summed E-state index contributed by atoms with van der Waals surface area (Å²) in [5, 5.41) is 4.02. The molecule has 2 aromatic carbocycles. The van der Waals surface area contributed by atoms with Crippen molar-refractivity contribution < 1.29 is 9.53 Å². The third-order valence-electron chi connectivity index (χ3n) is 4.74. The van der Waals surface area contributed by atoms with E-state index in [2.05, 4.69) is 4.90 Å². The minimum Gasteiger partial charge on any atom is -0.378 e. The first-order chi connectivity index (χ1) is 13.3. The van der Waals surface area contributed by atoms with Crippen LogP contribution in [0.5, 0.6) is 0 Å². The molecular formula is C22H22N2O2S. The number of anilines is 2. The van der Waals surface area contributed by atoms with Crippen LogP contribution in [0.1, 0.15) is 15.9 Å². The lowest BCUT2D eigenvalue weighted by Crippen LogP contribution is -2.36. The van der Waals surface area contributed by atoms with Crippen LogP contribution in [0.2, 0.25) is 0 Å². The van der Waals surface area contributed by atoms with Gasteiger partial charge in [0.05, 0.1) is 25.4 Å². The molecule has 1 saturated heterocycles. The molecule has 5 heteroatoms. The number of hydrogen-bond acceptors (Lipinski definition) is 4. The van der Waals surface area contributed by atoms with Gasteiger partial charge in [0, 0.05) is 29.7 Å². The molecule has 0 spiro atoms. The van der Waals surface area contributed by atoms with Crippen LogP contribution in [-0.4, -0.2) is 32.2 Å². The van der Waals surface area contributed by atoms with Gasteiger partial charge in [0.2, 0.25) is 0 Å². The van der Waals surface area contributed by atoms with Crippen molar-refractivity contribution in [3.05, 3.63) is 82.6 Å². The lowest BCUT2D eigenvalue weighted by atomic mass is 10.1. The van der Waals surface area contributed by atoms with Crippen molar-refractivity contribution in [1.82, 2.24) is 0 Å². The smallest absolute Gasteiger partial charge is 0.258 e. The van der Waals surface area contributed by atoms with Crippen LogP contribution in [-0.2, 0) is 11.3 Å². The number of morpholine rings is 1. The van der Waals surface area contributed by atoms with Gasteiger partial charge in [0.1, 0.15) is 0 Å². The van der Waals surface area contributed by atoms with Crippen LogP contribution in [0.15, 0.2) is 71.4 Å². The summed E-state index contributed by atoms with van der Waals surface area (Å²) >= 11 is 1.60. The van der Waals surface area contributed by atoms with E-state index in [0.29, 0.717) is 12.1 Å². The lowest BCUT2D eigenvalue weighted by molar-refractivity contribution is 0.0985. The molecule has 0 N–H and O–H groups in total. The number of rotatable bonds is 5. The Balaban J connectivity index is 1.55. The number of nitrogens with zero attached hydrogens (tertiary/aromatic N) is 2. The van der Waals surface area contributed by atoms with Crippen molar-refractivity contribution in [3.63, 3.8) is 0 Å². The summed E-state index contributed by atoms with van der Waals surface area (Å²) in [5.41, 5.74) is 3.89. The monoisotopic (exact) mass is 378 g/mol. The molecule has 0 bridgehead atoms. The number of thiophene rings is 1. The Morgan fingerprint density at radius 1 is 1.00 bits per heavy atom. The summed E-state index contributed by atoms with van der Waals surface area (Å²) < 4.78 is 5.41. The third kappa shape index (κ3) is 4.21. The molecule has 4 rings (SSSR count). The molecule has 0 radical (unpaired) electrons. The summed E-state index contributed by atoms with van der Waals surface area (Å²) in [4.78, 5) is 17.4. The molecule has 1 aromatic heterocycles. The standard InChI is InChI=1S/C22H22N2O2S/c25-22(19-6-8-20(9-7-19)23-11-13-26-14-12-23)24(21-10-15-27-17-21)16-18-4-2-1-3-5-18/h1-10,15,17H,11-14,16H2. The predicted molar refractivity (Wildman–Crippen MR) is 111 cm³/mol. The quantitative estimate of drug-likeness (QED) is 0.658. The zero-order valence-corrected chi connectivity index (χ0v) is 15.9. The van der Waals surface area contributed by atoms with E-state index in [1.807, 2.05) is 76.3 Å². The molecule has 0 atom stereocenters. The van der Waals surface area contributed by atoms with E-state index in [-0.39, 0.29) is 5.91 Å². The number of hydrogen-bond donors (Lipinski definition) is 0. The Labute approximate surface area is 163 Å². The highest BCUT2D eigenvalue weighted by Crippen LogP contribution is 2.24. The van der Waals surface area contributed by atoms with Crippen LogP contribution in [0.25, 0.3) is 0 Å². The van der Waals surface area contributed by atoms with Gasteiger partial charge in [0.25, 0.3) is 5.91 Å². The van der Waals surface area contributed by atoms with E-state index in [1.54, 1.807) is 11.3 Å². The second kappa shape index (κ2) is 8.37. The predicted octanol–water partition coefficient (Wildman–Crippen LogP) is 4.43. The summed E-state index contributed by atoms with van der Waals surface area (Å²) in [6, 6.07) is 20.0. The largest absolute Gasteiger partial charge is 0.378 e. The fourth-order valence-corrected chi connectivity index (χ4v) is 3.89. The first kappa shape index (κ1) is 17.8. The first-order valence-corrected chi connectivity index (χ1v) is 10.1. The molecule has 4 nitrogen and oxygen atoms in total.